The van der Waals surface area contributed by atoms with E-state index in [2.05, 4.69) is 25.2 Å². The molecule has 3 nitrogen and oxygen atoms in total. The van der Waals surface area contributed by atoms with Crippen LogP contribution in [0.25, 0.3) is 0 Å². The first-order valence-corrected chi connectivity index (χ1v) is 6.41. The number of hydrogen-bond donors (Lipinski definition) is 1. The predicted molar refractivity (Wildman–Crippen MR) is 70.9 cm³/mol. The van der Waals surface area contributed by atoms with E-state index in [0.717, 1.165) is 12.1 Å². The van der Waals surface area contributed by atoms with Crippen molar-refractivity contribution in [2.24, 2.45) is 11.3 Å². The number of carbonyl (C=O) groups is 1. The average Bonchev–Trinajstić information content (AvgIpc) is 2.34. The van der Waals surface area contributed by atoms with Crippen LogP contribution in [0.15, 0.2) is 24.3 Å². The molecule has 0 saturated heterocycles. The number of anilines is 1. The molecule has 0 spiro atoms. The molecule has 0 atom stereocenters. The van der Waals surface area contributed by atoms with Crippen molar-refractivity contribution in [3.8, 4) is 6.07 Å². The molecule has 1 aliphatic carbocycles. The van der Waals surface area contributed by atoms with E-state index in [1.807, 2.05) is 24.3 Å². The first-order valence-electron chi connectivity index (χ1n) is 6.41. The van der Waals surface area contributed by atoms with E-state index in [0.29, 0.717) is 18.8 Å². The van der Waals surface area contributed by atoms with Crippen LogP contribution in [-0.2, 0) is 11.2 Å². The highest BCUT2D eigenvalue weighted by Crippen LogP contribution is 2.45. The Bertz CT molecular complexity index is 495. The Labute approximate surface area is 108 Å². The molecule has 0 unspecified atom stereocenters. The van der Waals surface area contributed by atoms with Crippen molar-refractivity contribution in [3.63, 3.8) is 0 Å². The normalized spacial score (nSPS) is 25.9. The number of rotatable bonds is 3. The molecule has 94 valence electrons. The Morgan fingerprint density at radius 1 is 1.56 bits per heavy atom. The molecule has 0 bridgehead atoms. The summed E-state index contributed by atoms with van der Waals surface area (Å²) in [6, 6.07) is 9.97. The van der Waals surface area contributed by atoms with E-state index < -0.39 is 5.41 Å². The molecule has 0 heterocycles. The van der Waals surface area contributed by atoms with Crippen molar-refractivity contribution in [1.29, 1.82) is 5.26 Å². The number of benzene rings is 1. The number of aryl methyl sites for hydroxylation is 1. The molecule has 3 heteroatoms. The summed E-state index contributed by atoms with van der Waals surface area (Å²) in [6.07, 6.45) is 2.27. The molecule has 0 radical (unpaired) electrons. The zero-order valence-electron chi connectivity index (χ0n) is 10.9. The van der Waals surface area contributed by atoms with Crippen LogP contribution in [0.2, 0.25) is 0 Å². The summed E-state index contributed by atoms with van der Waals surface area (Å²) in [5.74, 6) is 0.314. The molecule has 1 aromatic carbocycles. The zero-order chi connectivity index (χ0) is 13.2. The monoisotopic (exact) mass is 242 g/mol. The first-order chi connectivity index (χ1) is 8.59. The number of nitrogens with zero attached hydrogens (tertiary/aromatic N) is 1. The van der Waals surface area contributed by atoms with Gasteiger partial charge in [0.1, 0.15) is 5.41 Å². The highest BCUT2D eigenvalue weighted by Gasteiger charge is 2.48. The van der Waals surface area contributed by atoms with E-state index in [1.54, 1.807) is 0 Å². The summed E-state index contributed by atoms with van der Waals surface area (Å²) in [5.41, 5.74) is 1.16. The van der Waals surface area contributed by atoms with E-state index in [1.165, 1.54) is 5.56 Å². The molecule has 1 N–H and O–H groups in total. The highest BCUT2D eigenvalue weighted by molar-refractivity contribution is 5.98. The van der Waals surface area contributed by atoms with Gasteiger partial charge in [0.05, 0.1) is 6.07 Å². The lowest BCUT2D eigenvalue weighted by atomic mass is 9.63. The van der Waals surface area contributed by atoms with Crippen molar-refractivity contribution >= 4 is 11.6 Å². The Morgan fingerprint density at radius 3 is 2.83 bits per heavy atom. The van der Waals surface area contributed by atoms with Crippen molar-refractivity contribution in [3.05, 3.63) is 29.8 Å². The fourth-order valence-corrected chi connectivity index (χ4v) is 2.58. The lowest BCUT2D eigenvalue weighted by Crippen LogP contribution is -2.45. The summed E-state index contributed by atoms with van der Waals surface area (Å²) >= 11 is 0. The smallest absolute Gasteiger partial charge is 0.244 e. The van der Waals surface area contributed by atoms with Crippen LogP contribution in [0.3, 0.4) is 0 Å². The van der Waals surface area contributed by atoms with Crippen molar-refractivity contribution in [2.45, 2.75) is 33.1 Å². The minimum Gasteiger partial charge on any atom is -0.325 e. The Morgan fingerprint density at radius 2 is 2.28 bits per heavy atom. The molecule has 1 fully saturated rings. The van der Waals surface area contributed by atoms with Crippen LogP contribution in [0.1, 0.15) is 32.3 Å². The largest absolute Gasteiger partial charge is 0.325 e. The van der Waals surface area contributed by atoms with E-state index in [9.17, 15) is 10.1 Å². The molecule has 0 aromatic heterocycles. The number of nitriles is 1. The van der Waals surface area contributed by atoms with Crippen LogP contribution in [0.4, 0.5) is 5.69 Å². The fraction of sp³-hybridized carbons (Fsp3) is 0.467. The quantitative estimate of drug-likeness (QED) is 0.885. The maximum absolute atomic E-state index is 12.2. The number of carbonyl (C=O) groups excluding carboxylic acids is 1. The minimum atomic E-state index is -0.804. The van der Waals surface area contributed by atoms with Gasteiger partial charge in [0.15, 0.2) is 0 Å². The Kier molecular flexibility index (Phi) is 3.38. The third-order valence-electron chi connectivity index (χ3n) is 3.64. The van der Waals surface area contributed by atoms with Gasteiger partial charge in [0.25, 0.3) is 0 Å². The molecule has 1 aromatic rings. The first kappa shape index (κ1) is 12.6. The van der Waals surface area contributed by atoms with Crippen molar-refractivity contribution in [2.75, 3.05) is 5.32 Å². The summed E-state index contributed by atoms with van der Waals surface area (Å²) in [4.78, 5) is 12.2. The number of amides is 1. The van der Waals surface area contributed by atoms with Gasteiger partial charge in [0.2, 0.25) is 5.91 Å². The predicted octanol–water partition coefficient (Wildman–Crippen LogP) is 3.13. The van der Waals surface area contributed by atoms with Gasteiger partial charge in [-0.25, -0.2) is 0 Å². The van der Waals surface area contributed by atoms with Crippen LogP contribution in [0.5, 0.6) is 0 Å². The third kappa shape index (κ3) is 2.24. The second-order valence-electron chi connectivity index (χ2n) is 5.22. The molecule has 1 saturated carbocycles. The molecule has 1 amide bonds. The SMILES string of the molecule is CCc1cccc(NC(=O)C2(C#N)CC(C)C2)c1. The Balaban J connectivity index is 2.09. The lowest BCUT2D eigenvalue weighted by Gasteiger charge is -2.39. The van der Waals surface area contributed by atoms with Crippen molar-refractivity contribution < 1.29 is 4.79 Å². The standard InChI is InChI=1S/C15H18N2O/c1-3-12-5-4-6-13(7-12)17-14(18)15(10-16)8-11(2)9-15/h4-7,11H,3,8-9H2,1-2H3,(H,17,18). The number of nitrogens with one attached hydrogen (secondary N) is 1. The zero-order valence-corrected chi connectivity index (χ0v) is 10.9. The van der Waals surface area contributed by atoms with Gasteiger partial charge in [-0.2, -0.15) is 5.26 Å². The van der Waals surface area contributed by atoms with Crippen LogP contribution in [0, 0.1) is 22.7 Å². The van der Waals surface area contributed by atoms with Gasteiger partial charge >= 0.3 is 0 Å². The van der Waals surface area contributed by atoms with Gasteiger partial charge in [-0.3, -0.25) is 4.79 Å². The molecule has 2 rings (SSSR count). The topological polar surface area (TPSA) is 52.9 Å². The minimum absolute atomic E-state index is 0.156. The second kappa shape index (κ2) is 4.81. The highest BCUT2D eigenvalue weighted by atomic mass is 16.2. The van der Waals surface area contributed by atoms with E-state index >= 15 is 0 Å². The fourth-order valence-electron chi connectivity index (χ4n) is 2.58. The maximum Gasteiger partial charge on any atom is 0.244 e. The summed E-state index contributed by atoms with van der Waals surface area (Å²) in [6.45, 7) is 4.14. The number of hydrogen-bond acceptors (Lipinski definition) is 2. The average molecular weight is 242 g/mol. The third-order valence-corrected chi connectivity index (χ3v) is 3.64. The molecular formula is C15H18N2O. The van der Waals surface area contributed by atoms with Crippen LogP contribution < -0.4 is 5.32 Å². The second-order valence-corrected chi connectivity index (χ2v) is 5.22. The van der Waals surface area contributed by atoms with E-state index in [-0.39, 0.29) is 5.91 Å². The summed E-state index contributed by atoms with van der Waals surface area (Å²) in [5, 5.41) is 12.1. The summed E-state index contributed by atoms with van der Waals surface area (Å²) in [7, 11) is 0. The summed E-state index contributed by atoms with van der Waals surface area (Å²) < 4.78 is 0. The van der Waals surface area contributed by atoms with Crippen LogP contribution in [-0.4, -0.2) is 5.91 Å². The molecule has 0 aliphatic heterocycles. The van der Waals surface area contributed by atoms with Crippen molar-refractivity contribution in [1.82, 2.24) is 0 Å². The van der Waals surface area contributed by atoms with Gasteiger partial charge in [0, 0.05) is 5.69 Å². The van der Waals surface area contributed by atoms with Gasteiger partial charge < -0.3 is 5.32 Å². The van der Waals surface area contributed by atoms with E-state index in [4.69, 9.17) is 0 Å². The van der Waals surface area contributed by atoms with Gasteiger partial charge in [-0.1, -0.05) is 26.0 Å². The Hall–Kier alpha value is -1.82. The molecule has 18 heavy (non-hydrogen) atoms. The van der Waals surface area contributed by atoms with Crippen LogP contribution >= 0.6 is 0 Å². The van der Waals surface area contributed by atoms with Gasteiger partial charge in [-0.15, -0.1) is 0 Å². The van der Waals surface area contributed by atoms with Gasteiger partial charge in [-0.05, 0) is 42.9 Å². The lowest BCUT2D eigenvalue weighted by molar-refractivity contribution is -0.128. The maximum atomic E-state index is 12.2. The molecule has 1 aliphatic rings. The molecular weight excluding hydrogens is 224 g/mol.